The number of nitrogens with zero attached hydrogens (tertiary/aromatic N) is 1. The molecule has 0 spiro atoms. The Morgan fingerprint density at radius 2 is 1.86 bits per heavy atom. The lowest BCUT2D eigenvalue weighted by Gasteiger charge is -2.20. The molecule has 2 aromatic carbocycles. The summed E-state index contributed by atoms with van der Waals surface area (Å²) in [4.78, 5) is 0. The van der Waals surface area contributed by atoms with Crippen molar-refractivity contribution in [2.75, 3.05) is 14.2 Å². The van der Waals surface area contributed by atoms with Gasteiger partial charge in [0.15, 0.2) is 0 Å². The summed E-state index contributed by atoms with van der Waals surface area (Å²) in [6, 6.07) is 12.9. The molecule has 1 aliphatic rings. The molecule has 2 aromatic rings. The fraction of sp³-hybridized carbons (Fsp3) is 0.133. The van der Waals surface area contributed by atoms with E-state index in [-0.39, 0.29) is 0 Å². The van der Waals surface area contributed by atoms with Crippen LogP contribution in [0, 0.1) is 0 Å². The fourth-order valence-corrected chi connectivity index (χ4v) is 2.33. The van der Waals surface area contributed by atoms with E-state index in [0.717, 1.165) is 11.1 Å². The van der Waals surface area contributed by atoms with Crippen LogP contribution >= 0.6 is 0 Å². The lowest BCUT2D eigenvalue weighted by Crippen LogP contribution is -2.40. The van der Waals surface area contributed by atoms with Gasteiger partial charge in [0.25, 0.3) is 0 Å². The summed E-state index contributed by atoms with van der Waals surface area (Å²) >= 11 is 0. The minimum absolute atomic E-state index is 0.603. The lowest BCUT2D eigenvalue weighted by atomic mass is 9.74. The standard InChI is InChI=1S/C15H14BNO4/c1-19-10-7-8-13-12(9-10)15(17-21-16(13)18)11-5-3-4-6-14(11)20-2/h3-9,18H,1-2H3. The first kappa shape index (κ1) is 13.5. The van der Waals surface area contributed by atoms with Crippen LogP contribution in [0.2, 0.25) is 0 Å². The molecule has 0 bridgehead atoms. The molecule has 21 heavy (non-hydrogen) atoms. The number of ether oxygens (including phenoxy) is 2. The Bertz CT molecular complexity index is 702. The summed E-state index contributed by atoms with van der Waals surface area (Å²) in [5.41, 5.74) is 2.80. The smallest absolute Gasteiger partial charge is 0.497 e. The Morgan fingerprint density at radius 3 is 2.62 bits per heavy atom. The number of rotatable bonds is 3. The van der Waals surface area contributed by atoms with Gasteiger partial charge in [-0.2, -0.15) is 0 Å². The van der Waals surface area contributed by atoms with Gasteiger partial charge in [-0.25, -0.2) is 0 Å². The third-order valence-electron chi connectivity index (χ3n) is 3.39. The van der Waals surface area contributed by atoms with Crippen LogP contribution in [0.1, 0.15) is 11.1 Å². The molecule has 6 heteroatoms. The quantitative estimate of drug-likeness (QED) is 0.859. The van der Waals surface area contributed by atoms with Crippen molar-refractivity contribution in [1.82, 2.24) is 0 Å². The Kier molecular flexibility index (Phi) is 3.54. The summed E-state index contributed by atoms with van der Waals surface area (Å²) in [5, 5.41) is 14.0. The highest BCUT2D eigenvalue weighted by molar-refractivity contribution is 6.63. The van der Waals surface area contributed by atoms with Gasteiger partial charge in [-0.3, -0.25) is 0 Å². The second kappa shape index (κ2) is 5.50. The molecule has 0 atom stereocenters. The van der Waals surface area contributed by atoms with Crippen molar-refractivity contribution in [3.05, 3.63) is 53.6 Å². The monoisotopic (exact) mass is 283 g/mol. The summed E-state index contributed by atoms with van der Waals surface area (Å²) < 4.78 is 15.7. The van der Waals surface area contributed by atoms with Crippen LogP contribution in [0.3, 0.4) is 0 Å². The maximum Gasteiger partial charge on any atom is 0.583 e. The Hall–Kier alpha value is -2.47. The molecule has 1 heterocycles. The number of para-hydroxylation sites is 1. The van der Waals surface area contributed by atoms with Gasteiger partial charge in [0.2, 0.25) is 0 Å². The van der Waals surface area contributed by atoms with E-state index in [0.29, 0.717) is 22.7 Å². The maximum absolute atomic E-state index is 9.91. The molecule has 106 valence electrons. The highest BCUT2D eigenvalue weighted by atomic mass is 16.6. The van der Waals surface area contributed by atoms with Crippen molar-refractivity contribution in [3.8, 4) is 11.5 Å². The molecule has 3 rings (SSSR count). The highest BCUT2D eigenvalue weighted by Crippen LogP contribution is 2.25. The lowest BCUT2D eigenvalue weighted by molar-refractivity contribution is 0.284. The number of hydrogen-bond acceptors (Lipinski definition) is 5. The molecular formula is C15H14BNO4. The Labute approximate surface area is 122 Å². The molecule has 0 radical (unpaired) electrons. The molecule has 0 aromatic heterocycles. The number of fused-ring (bicyclic) bond motifs is 1. The first-order valence-electron chi connectivity index (χ1n) is 6.48. The van der Waals surface area contributed by atoms with Gasteiger partial charge in [0.1, 0.15) is 17.2 Å². The zero-order chi connectivity index (χ0) is 14.8. The minimum Gasteiger partial charge on any atom is -0.497 e. The minimum atomic E-state index is -1.08. The molecule has 1 N–H and O–H groups in total. The number of methoxy groups -OCH3 is 2. The molecule has 0 aliphatic carbocycles. The maximum atomic E-state index is 9.91. The normalized spacial score (nSPS) is 13.1. The van der Waals surface area contributed by atoms with E-state index < -0.39 is 7.12 Å². The van der Waals surface area contributed by atoms with Gasteiger partial charge in [-0.15, -0.1) is 5.16 Å². The second-order valence-corrected chi connectivity index (χ2v) is 4.55. The number of benzene rings is 2. The van der Waals surface area contributed by atoms with E-state index in [4.69, 9.17) is 14.2 Å². The molecule has 1 aliphatic heterocycles. The van der Waals surface area contributed by atoms with Crippen molar-refractivity contribution in [2.24, 2.45) is 5.16 Å². The van der Waals surface area contributed by atoms with Crippen LogP contribution in [0.4, 0.5) is 0 Å². The zero-order valence-corrected chi connectivity index (χ0v) is 11.7. The molecule has 0 unspecified atom stereocenters. The second-order valence-electron chi connectivity index (χ2n) is 4.55. The molecule has 0 saturated heterocycles. The first-order valence-corrected chi connectivity index (χ1v) is 6.48. The van der Waals surface area contributed by atoms with E-state index in [1.165, 1.54) is 0 Å². The summed E-state index contributed by atoms with van der Waals surface area (Å²) in [7, 11) is 2.12. The average Bonchev–Trinajstić information content (AvgIpc) is 2.55. The average molecular weight is 283 g/mol. The summed E-state index contributed by atoms with van der Waals surface area (Å²) in [6.45, 7) is 0. The largest absolute Gasteiger partial charge is 0.583 e. The predicted molar refractivity (Wildman–Crippen MR) is 80.3 cm³/mol. The van der Waals surface area contributed by atoms with Crippen molar-refractivity contribution in [3.63, 3.8) is 0 Å². The summed E-state index contributed by atoms with van der Waals surface area (Å²) in [6.07, 6.45) is 0. The first-order chi connectivity index (χ1) is 10.2. The number of hydrogen-bond donors (Lipinski definition) is 1. The van der Waals surface area contributed by atoms with E-state index in [1.807, 2.05) is 30.3 Å². The Balaban J connectivity index is 2.17. The predicted octanol–water partition coefficient (Wildman–Crippen LogP) is 1.17. The van der Waals surface area contributed by atoms with Crippen molar-refractivity contribution < 1.29 is 19.3 Å². The molecule has 5 nitrogen and oxygen atoms in total. The zero-order valence-electron chi connectivity index (χ0n) is 11.7. The van der Waals surface area contributed by atoms with Crippen molar-refractivity contribution in [1.29, 1.82) is 0 Å². The van der Waals surface area contributed by atoms with Gasteiger partial charge >= 0.3 is 7.12 Å². The van der Waals surface area contributed by atoms with Crippen LogP contribution in [-0.2, 0) is 4.76 Å². The van der Waals surface area contributed by atoms with Crippen LogP contribution < -0.4 is 14.9 Å². The van der Waals surface area contributed by atoms with E-state index in [1.54, 1.807) is 26.4 Å². The van der Waals surface area contributed by atoms with Gasteiger partial charge in [-0.05, 0) is 24.3 Å². The topological polar surface area (TPSA) is 60.3 Å². The van der Waals surface area contributed by atoms with Crippen LogP contribution in [-0.4, -0.2) is 32.1 Å². The van der Waals surface area contributed by atoms with Crippen LogP contribution in [0.5, 0.6) is 11.5 Å². The van der Waals surface area contributed by atoms with Crippen LogP contribution in [0.15, 0.2) is 47.6 Å². The third kappa shape index (κ3) is 2.34. The van der Waals surface area contributed by atoms with Gasteiger partial charge < -0.3 is 19.3 Å². The van der Waals surface area contributed by atoms with Crippen LogP contribution in [0.25, 0.3) is 0 Å². The van der Waals surface area contributed by atoms with Gasteiger partial charge in [0, 0.05) is 16.6 Å². The molecule has 0 amide bonds. The van der Waals surface area contributed by atoms with Gasteiger partial charge in [-0.1, -0.05) is 18.2 Å². The Morgan fingerprint density at radius 1 is 1.05 bits per heavy atom. The van der Waals surface area contributed by atoms with Crippen molar-refractivity contribution in [2.45, 2.75) is 0 Å². The molecule has 0 fully saturated rings. The summed E-state index contributed by atoms with van der Waals surface area (Å²) in [5.74, 6) is 1.37. The molecular weight excluding hydrogens is 269 g/mol. The van der Waals surface area contributed by atoms with Gasteiger partial charge in [0.05, 0.1) is 14.2 Å². The van der Waals surface area contributed by atoms with E-state index in [9.17, 15) is 5.02 Å². The van der Waals surface area contributed by atoms with E-state index >= 15 is 0 Å². The van der Waals surface area contributed by atoms with Crippen molar-refractivity contribution >= 4 is 18.3 Å². The van der Waals surface area contributed by atoms with E-state index in [2.05, 4.69) is 5.16 Å². The highest BCUT2D eigenvalue weighted by Gasteiger charge is 2.31. The number of oxime groups is 1. The third-order valence-corrected chi connectivity index (χ3v) is 3.39. The molecule has 0 saturated carbocycles. The SMILES string of the molecule is COc1ccc2c(c1)C(c1ccccc1OC)=NOB2O. The fourth-order valence-electron chi connectivity index (χ4n) is 2.33.